The third-order valence-corrected chi connectivity index (χ3v) is 6.71. The van der Waals surface area contributed by atoms with Crippen molar-refractivity contribution in [2.24, 2.45) is 0 Å². The van der Waals surface area contributed by atoms with Gasteiger partial charge in [-0.25, -0.2) is 4.79 Å². The lowest BCUT2D eigenvalue weighted by Crippen LogP contribution is -2.51. The first-order chi connectivity index (χ1) is 18.0. The number of nitrogens with zero attached hydrogens (tertiary/aromatic N) is 6. The fraction of sp³-hybridized carbons (Fsp3) is 0.556. The van der Waals surface area contributed by atoms with Gasteiger partial charge in [0.15, 0.2) is 5.82 Å². The van der Waals surface area contributed by atoms with E-state index in [9.17, 15) is 9.59 Å². The second-order valence-corrected chi connectivity index (χ2v) is 9.84. The molecule has 0 atom stereocenters. The molecule has 4 rings (SSSR count). The molecule has 0 aliphatic carbocycles. The third kappa shape index (κ3) is 7.87. The summed E-state index contributed by atoms with van der Waals surface area (Å²) in [7, 11) is 0. The largest absolute Gasteiger partial charge is 0.379 e. The molecule has 37 heavy (non-hydrogen) atoms. The van der Waals surface area contributed by atoms with Crippen molar-refractivity contribution in [3.8, 4) is 11.3 Å². The van der Waals surface area contributed by atoms with Gasteiger partial charge in [0, 0.05) is 64.0 Å². The summed E-state index contributed by atoms with van der Waals surface area (Å²) >= 11 is 0. The van der Waals surface area contributed by atoms with E-state index in [0.717, 1.165) is 49.7 Å². The monoisotopic (exact) mass is 509 g/mol. The summed E-state index contributed by atoms with van der Waals surface area (Å²) in [5.41, 5.74) is 1.88. The lowest BCUT2D eigenvalue weighted by atomic mass is 10.1. The van der Waals surface area contributed by atoms with Crippen LogP contribution < -0.4 is 10.2 Å². The normalized spacial score (nSPS) is 16.9. The Hall–Kier alpha value is -3.24. The number of rotatable bonds is 8. The molecule has 2 aliphatic rings. The van der Waals surface area contributed by atoms with Gasteiger partial charge in [-0.1, -0.05) is 30.3 Å². The SMILES string of the molecule is CC(C)NC(=O)N(CCN1CCOCC1)CC(=O)N1CCCN(c2ccc(-c3ccccc3)nn2)CC1. The van der Waals surface area contributed by atoms with Crippen LogP contribution in [0.4, 0.5) is 10.6 Å². The van der Waals surface area contributed by atoms with Crippen LogP contribution in [0.2, 0.25) is 0 Å². The van der Waals surface area contributed by atoms with Crippen molar-refractivity contribution in [2.75, 3.05) is 77.0 Å². The van der Waals surface area contributed by atoms with Crippen molar-refractivity contribution in [1.29, 1.82) is 0 Å². The second-order valence-electron chi connectivity index (χ2n) is 9.84. The maximum atomic E-state index is 13.3. The van der Waals surface area contributed by atoms with Gasteiger partial charge in [-0.3, -0.25) is 9.69 Å². The molecule has 2 aliphatic heterocycles. The summed E-state index contributed by atoms with van der Waals surface area (Å²) in [6.07, 6.45) is 0.833. The van der Waals surface area contributed by atoms with Crippen LogP contribution in [0, 0.1) is 0 Å². The smallest absolute Gasteiger partial charge is 0.318 e. The number of anilines is 1. The lowest BCUT2D eigenvalue weighted by molar-refractivity contribution is -0.131. The highest BCUT2D eigenvalue weighted by Crippen LogP contribution is 2.19. The van der Waals surface area contributed by atoms with Gasteiger partial charge in [0.05, 0.1) is 18.9 Å². The van der Waals surface area contributed by atoms with Crippen molar-refractivity contribution in [1.82, 2.24) is 30.2 Å². The first-order valence-corrected chi connectivity index (χ1v) is 13.3. The quantitative estimate of drug-likeness (QED) is 0.581. The summed E-state index contributed by atoms with van der Waals surface area (Å²) in [4.78, 5) is 34.1. The minimum absolute atomic E-state index is 0.00891. The third-order valence-electron chi connectivity index (χ3n) is 6.71. The highest BCUT2D eigenvalue weighted by molar-refractivity contribution is 5.84. The van der Waals surface area contributed by atoms with Crippen LogP contribution in [0.25, 0.3) is 11.3 Å². The summed E-state index contributed by atoms with van der Waals surface area (Å²) in [5, 5.41) is 11.8. The molecule has 2 saturated heterocycles. The molecule has 1 aromatic carbocycles. The van der Waals surface area contributed by atoms with Crippen LogP contribution in [-0.2, 0) is 9.53 Å². The predicted molar refractivity (Wildman–Crippen MR) is 143 cm³/mol. The average Bonchev–Trinajstić information content (AvgIpc) is 3.18. The number of carbonyl (C=O) groups is 2. The molecule has 3 amide bonds. The molecule has 0 unspecified atom stereocenters. The Morgan fingerprint density at radius 2 is 1.76 bits per heavy atom. The molecule has 0 radical (unpaired) electrons. The van der Waals surface area contributed by atoms with Crippen LogP contribution in [0.1, 0.15) is 20.3 Å². The zero-order chi connectivity index (χ0) is 26.0. The van der Waals surface area contributed by atoms with Crippen LogP contribution in [0.3, 0.4) is 0 Å². The summed E-state index contributed by atoms with van der Waals surface area (Å²) in [6.45, 7) is 11.0. The maximum Gasteiger partial charge on any atom is 0.318 e. The lowest BCUT2D eigenvalue weighted by Gasteiger charge is -2.31. The van der Waals surface area contributed by atoms with Gasteiger partial charge in [-0.15, -0.1) is 10.2 Å². The maximum absolute atomic E-state index is 13.3. The first kappa shape index (κ1) is 26.8. The number of hydrogen-bond acceptors (Lipinski definition) is 7. The number of carbonyl (C=O) groups excluding carboxylic acids is 2. The van der Waals surface area contributed by atoms with Crippen LogP contribution >= 0.6 is 0 Å². The first-order valence-electron chi connectivity index (χ1n) is 13.3. The van der Waals surface area contributed by atoms with Crippen molar-refractivity contribution < 1.29 is 14.3 Å². The van der Waals surface area contributed by atoms with E-state index in [1.54, 1.807) is 4.90 Å². The average molecular weight is 510 g/mol. The molecule has 200 valence electrons. The Balaban J connectivity index is 1.32. The zero-order valence-corrected chi connectivity index (χ0v) is 22.0. The molecule has 1 aromatic heterocycles. The van der Waals surface area contributed by atoms with Crippen molar-refractivity contribution in [2.45, 2.75) is 26.3 Å². The molecule has 3 heterocycles. The molecule has 10 nitrogen and oxygen atoms in total. The molecule has 0 saturated carbocycles. The van der Waals surface area contributed by atoms with E-state index in [-0.39, 0.29) is 24.5 Å². The minimum Gasteiger partial charge on any atom is -0.379 e. The number of morpholine rings is 1. The van der Waals surface area contributed by atoms with Gasteiger partial charge in [0.25, 0.3) is 0 Å². The van der Waals surface area contributed by atoms with Gasteiger partial charge < -0.3 is 24.8 Å². The molecular weight excluding hydrogens is 470 g/mol. The van der Waals surface area contributed by atoms with Gasteiger partial charge in [-0.05, 0) is 32.4 Å². The number of aromatic nitrogens is 2. The van der Waals surface area contributed by atoms with Crippen LogP contribution in [0.5, 0.6) is 0 Å². The molecule has 2 aromatic rings. The Morgan fingerprint density at radius 3 is 2.46 bits per heavy atom. The Labute approximate surface area is 219 Å². The standard InChI is InChI=1S/C27H39N7O3/c1-22(2)28-27(36)34(14-13-31-17-19-37-20-18-31)21-26(35)33-12-6-11-32(15-16-33)25-10-9-24(29-30-25)23-7-4-3-5-8-23/h3-5,7-10,22H,6,11-21H2,1-2H3,(H,28,36). The number of benzene rings is 1. The summed E-state index contributed by atoms with van der Waals surface area (Å²) in [5.74, 6) is 0.797. The summed E-state index contributed by atoms with van der Waals surface area (Å²) < 4.78 is 5.42. The minimum atomic E-state index is -0.193. The van der Waals surface area contributed by atoms with E-state index >= 15 is 0 Å². The zero-order valence-electron chi connectivity index (χ0n) is 22.0. The highest BCUT2D eigenvalue weighted by Gasteiger charge is 2.25. The number of ether oxygens (including phenoxy) is 1. The van der Waals surface area contributed by atoms with Gasteiger partial charge >= 0.3 is 6.03 Å². The topological polar surface area (TPSA) is 94.1 Å². The van der Waals surface area contributed by atoms with Gasteiger partial charge in [0.2, 0.25) is 5.91 Å². The van der Waals surface area contributed by atoms with E-state index < -0.39 is 0 Å². The predicted octanol–water partition coefficient (Wildman–Crippen LogP) is 1.93. The molecule has 1 N–H and O–H groups in total. The van der Waals surface area contributed by atoms with Gasteiger partial charge in [0.1, 0.15) is 6.54 Å². The van der Waals surface area contributed by atoms with E-state index in [0.29, 0.717) is 39.4 Å². The van der Waals surface area contributed by atoms with E-state index in [2.05, 4.69) is 25.3 Å². The number of amides is 3. The summed E-state index contributed by atoms with van der Waals surface area (Å²) in [6, 6.07) is 13.8. The van der Waals surface area contributed by atoms with E-state index in [1.165, 1.54) is 0 Å². The molecule has 0 bridgehead atoms. The Kier molecular flexibility index (Phi) is 9.67. The fourth-order valence-electron chi connectivity index (χ4n) is 4.59. The molecule has 10 heteroatoms. The van der Waals surface area contributed by atoms with E-state index in [4.69, 9.17) is 4.74 Å². The number of urea groups is 1. The van der Waals surface area contributed by atoms with Crippen LogP contribution in [0.15, 0.2) is 42.5 Å². The molecule has 2 fully saturated rings. The Morgan fingerprint density at radius 1 is 0.973 bits per heavy atom. The van der Waals surface area contributed by atoms with Crippen LogP contribution in [-0.4, -0.2) is 115 Å². The van der Waals surface area contributed by atoms with Crippen molar-refractivity contribution in [3.63, 3.8) is 0 Å². The van der Waals surface area contributed by atoms with Gasteiger partial charge in [-0.2, -0.15) is 0 Å². The second kappa shape index (κ2) is 13.3. The molecule has 0 spiro atoms. The van der Waals surface area contributed by atoms with Crippen molar-refractivity contribution in [3.05, 3.63) is 42.5 Å². The number of nitrogens with one attached hydrogen (secondary N) is 1. The highest BCUT2D eigenvalue weighted by atomic mass is 16.5. The fourth-order valence-corrected chi connectivity index (χ4v) is 4.59. The molecular formula is C27H39N7O3. The van der Waals surface area contributed by atoms with Crippen molar-refractivity contribution >= 4 is 17.8 Å². The van der Waals surface area contributed by atoms with E-state index in [1.807, 2.05) is 61.2 Å². The number of hydrogen-bond donors (Lipinski definition) is 1. The Bertz CT molecular complexity index is 997.